The molecule has 0 unspecified atom stereocenters. The number of rotatable bonds is 7. The molecule has 0 saturated carbocycles. The van der Waals surface area contributed by atoms with Gasteiger partial charge in [-0.3, -0.25) is 14.4 Å². The molecule has 0 aliphatic heterocycles. The first-order chi connectivity index (χ1) is 19.9. The van der Waals surface area contributed by atoms with Crippen molar-refractivity contribution in [3.8, 4) is 0 Å². The molecule has 3 aromatic carbocycles. The van der Waals surface area contributed by atoms with Crippen molar-refractivity contribution in [3.05, 3.63) is 120 Å². The quantitative estimate of drug-likeness (QED) is 0.0731. The number of benzene rings is 3. The Labute approximate surface area is 238 Å². The van der Waals surface area contributed by atoms with Crippen LogP contribution in [0.5, 0.6) is 0 Å². The predicted molar refractivity (Wildman–Crippen MR) is 163 cm³/mol. The van der Waals surface area contributed by atoms with Gasteiger partial charge in [0.2, 0.25) is 0 Å². The third kappa shape index (κ3) is 5.67. The zero-order valence-electron chi connectivity index (χ0n) is 23.3. The van der Waals surface area contributed by atoms with Crippen molar-refractivity contribution in [1.29, 1.82) is 0 Å². The summed E-state index contributed by atoms with van der Waals surface area (Å²) in [5.74, 6) is 0.318. The van der Waals surface area contributed by atoms with Gasteiger partial charge in [-0.05, 0) is 67.9 Å². The average Bonchev–Trinajstić information content (AvgIpc) is 3.45. The molecule has 0 fully saturated rings. The number of carbonyl (C=O) groups is 2. The van der Waals surface area contributed by atoms with Crippen molar-refractivity contribution in [1.82, 2.24) is 9.55 Å². The number of pyridine rings is 1. The van der Waals surface area contributed by atoms with Crippen LogP contribution >= 0.6 is 0 Å². The highest BCUT2D eigenvalue weighted by molar-refractivity contribution is 6.09. The summed E-state index contributed by atoms with van der Waals surface area (Å²) in [5, 5.41) is 4.84. The monoisotopic (exact) mass is 543 g/mol. The molecular weight excluding hydrogens is 514 g/mol. The fourth-order valence-electron chi connectivity index (χ4n) is 4.57. The van der Waals surface area contributed by atoms with Gasteiger partial charge >= 0.3 is 5.97 Å². The first-order valence-corrected chi connectivity index (χ1v) is 13.1. The van der Waals surface area contributed by atoms with E-state index < -0.39 is 5.97 Å². The zero-order chi connectivity index (χ0) is 28.9. The highest BCUT2D eigenvalue weighted by Crippen LogP contribution is 2.39. The van der Waals surface area contributed by atoms with Crippen LogP contribution in [0.3, 0.4) is 0 Å². The Morgan fingerprint density at radius 2 is 1.39 bits per heavy atom. The highest BCUT2D eigenvalue weighted by Gasteiger charge is 2.19. The Balaban J connectivity index is 1.60. The van der Waals surface area contributed by atoms with Gasteiger partial charge in [-0.2, -0.15) is 0 Å². The van der Waals surface area contributed by atoms with E-state index in [2.05, 4.69) is 20.0 Å². The summed E-state index contributed by atoms with van der Waals surface area (Å²) in [6.07, 6.45) is 3.74. The molecule has 0 aliphatic carbocycles. The summed E-state index contributed by atoms with van der Waals surface area (Å²) in [6.45, 7) is 5.03. The first kappa shape index (κ1) is 27.2. The van der Waals surface area contributed by atoms with E-state index in [1.54, 1.807) is 20.2 Å². The van der Waals surface area contributed by atoms with Crippen LogP contribution < -0.4 is 4.90 Å². The number of fused-ring (bicyclic) bond motifs is 1. The number of anilines is 3. The van der Waals surface area contributed by atoms with Crippen LogP contribution in [0.1, 0.15) is 42.3 Å². The smallest absolute Gasteiger partial charge is 0.318 e. The van der Waals surface area contributed by atoms with Gasteiger partial charge in [0.05, 0.1) is 11.4 Å². The van der Waals surface area contributed by atoms with Crippen LogP contribution in [0.25, 0.3) is 11.0 Å². The second-order valence-electron chi connectivity index (χ2n) is 9.41. The van der Waals surface area contributed by atoms with Crippen molar-refractivity contribution in [2.75, 3.05) is 11.9 Å². The van der Waals surface area contributed by atoms with E-state index in [4.69, 9.17) is 4.84 Å². The van der Waals surface area contributed by atoms with Crippen LogP contribution in [0, 0.1) is 0 Å². The Kier molecular flexibility index (Phi) is 7.83. The highest BCUT2D eigenvalue weighted by atomic mass is 16.7. The van der Waals surface area contributed by atoms with E-state index in [0.29, 0.717) is 16.8 Å². The number of hydrogen-bond acceptors (Lipinski definition) is 7. The summed E-state index contributed by atoms with van der Waals surface area (Å²) in [5.41, 5.74) is 6.10. The minimum absolute atomic E-state index is 0.0340. The number of carbonyl (C=O) groups excluding carboxylic acids is 2. The molecule has 2 heterocycles. The Bertz CT molecular complexity index is 1770. The lowest BCUT2D eigenvalue weighted by Gasteiger charge is -2.26. The van der Waals surface area contributed by atoms with Gasteiger partial charge in [0, 0.05) is 54.3 Å². The number of aromatic nitrogens is 2. The molecule has 41 heavy (non-hydrogen) atoms. The van der Waals surface area contributed by atoms with E-state index in [-0.39, 0.29) is 5.78 Å². The predicted octanol–water partition coefficient (Wildman–Crippen LogP) is 6.92. The molecular formula is C33H29N5O3. The second kappa shape index (κ2) is 11.8. The summed E-state index contributed by atoms with van der Waals surface area (Å²) in [7, 11) is 1.75. The number of aliphatic imine (C=N–C) groups is 1. The van der Waals surface area contributed by atoms with Gasteiger partial charge in [-0.15, -0.1) is 0 Å². The fraction of sp³-hybridized carbons (Fsp3) is 0.121. The summed E-state index contributed by atoms with van der Waals surface area (Å²) in [6, 6.07) is 28.6. The van der Waals surface area contributed by atoms with Gasteiger partial charge in [-0.1, -0.05) is 47.6 Å². The van der Waals surface area contributed by atoms with Crippen LogP contribution in [-0.4, -0.2) is 39.9 Å². The van der Waals surface area contributed by atoms with Gasteiger partial charge < -0.3 is 9.74 Å². The minimum Gasteiger partial charge on any atom is -0.318 e. The fourth-order valence-corrected chi connectivity index (χ4v) is 4.57. The molecule has 5 aromatic rings. The SMILES string of the molecule is CN=C(C)n1ccc2c(N(c3ccc(C(=O)c4ccccc4)cc3)c3ccc(/C(C)=N\OC(C)=O)cc3)ccnc21. The molecule has 0 bridgehead atoms. The van der Waals surface area contributed by atoms with Crippen molar-refractivity contribution in [2.45, 2.75) is 20.8 Å². The van der Waals surface area contributed by atoms with E-state index in [9.17, 15) is 9.59 Å². The van der Waals surface area contributed by atoms with E-state index in [0.717, 1.165) is 39.5 Å². The van der Waals surface area contributed by atoms with Crippen molar-refractivity contribution < 1.29 is 14.4 Å². The topological polar surface area (TPSA) is 89.1 Å². The third-order valence-electron chi connectivity index (χ3n) is 6.76. The Hall–Kier alpha value is -5.37. The summed E-state index contributed by atoms with van der Waals surface area (Å²) in [4.78, 5) is 40.1. The molecule has 0 radical (unpaired) electrons. The number of ketones is 1. The van der Waals surface area contributed by atoms with Gasteiger partial charge in [0.15, 0.2) is 5.78 Å². The second-order valence-corrected chi connectivity index (χ2v) is 9.41. The van der Waals surface area contributed by atoms with Gasteiger partial charge in [-0.25, -0.2) is 9.78 Å². The maximum atomic E-state index is 13.1. The zero-order valence-corrected chi connectivity index (χ0v) is 23.3. The van der Waals surface area contributed by atoms with Gasteiger partial charge in [0.1, 0.15) is 11.5 Å². The first-order valence-electron chi connectivity index (χ1n) is 13.1. The number of nitrogens with zero attached hydrogens (tertiary/aromatic N) is 5. The standard InChI is InChI=1S/C33H29N5O3/c1-22(36-41-24(3)39)25-10-14-28(15-11-25)38(31-18-20-35-33-30(31)19-21-37(33)23(2)34-4)29-16-12-27(13-17-29)32(40)26-8-6-5-7-9-26/h5-21H,1-4H3/b34-23?,36-22-. The summed E-state index contributed by atoms with van der Waals surface area (Å²) < 4.78 is 1.95. The van der Waals surface area contributed by atoms with Gasteiger partial charge in [0.25, 0.3) is 0 Å². The third-order valence-corrected chi connectivity index (χ3v) is 6.76. The Morgan fingerprint density at radius 1 is 0.780 bits per heavy atom. The molecule has 0 spiro atoms. The molecule has 2 aromatic heterocycles. The van der Waals surface area contributed by atoms with Crippen molar-refractivity contribution in [3.63, 3.8) is 0 Å². The summed E-state index contributed by atoms with van der Waals surface area (Å²) >= 11 is 0. The van der Waals surface area contributed by atoms with E-state index in [1.807, 2.05) is 109 Å². The lowest BCUT2D eigenvalue weighted by Crippen LogP contribution is -2.12. The number of hydrogen-bond donors (Lipinski definition) is 0. The van der Waals surface area contributed by atoms with E-state index >= 15 is 0 Å². The molecule has 0 amide bonds. The maximum Gasteiger partial charge on any atom is 0.331 e. The van der Waals surface area contributed by atoms with Crippen LogP contribution in [-0.2, 0) is 9.63 Å². The van der Waals surface area contributed by atoms with Crippen molar-refractivity contribution in [2.24, 2.45) is 10.1 Å². The molecule has 5 rings (SSSR count). The Morgan fingerprint density at radius 3 is 2.00 bits per heavy atom. The largest absolute Gasteiger partial charge is 0.331 e. The van der Waals surface area contributed by atoms with Crippen LogP contribution in [0.15, 0.2) is 114 Å². The average molecular weight is 544 g/mol. The lowest BCUT2D eigenvalue weighted by molar-refractivity contribution is -0.140. The molecule has 8 nitrogen and oxygen atoms in total. The van der Waals surface area contributed by atoms with E-state index in [1.165, 1.54) is 6.92 Å². The maximum absolute atomic E-state index is 13.1. The molecule has 0 aliphatic rings. The molecule has 8 heteroatoms. The number of oxime groups is 1. The van der Waals surface area contributed by atoms with Crippen LogP contribution in [0.4, 0.5) is 17.1 Å². The van der Waals surface area contributed by atoms with Crippen molar-refractivity contribution >= 4 is 51.4 Å². The minimum atomic E-state index is -0.474. The molecule has 0 saturated heterocycles. The molecule has 0 atom stereocenters. The lowest BCUT2D eigenvalue weighted by atomic mass is 10.0. The normalized spacial score (nSPS) is 11.9. The van der Waals surface area contributed by atoms with Crippen LogP contribution in [0.2, 0.25) is 0 Å². The molecule has 0 N–H and O–H groups in total. The molecule has 204 valence electrons.